The van der Waals surface area contributed by atoms with Gasteiger partial charge in [-0.25, -0.2) is 5.43 Å². The number of carbonyl (C=O) groups is 1. The van der Waals surface area contributed by atoms with E-state index >= 15 is 0 Å². The zero-order valence-electron chi connectivity index (χ0n) is 11.6. The van der Waals surface area contributed by atoms with E-state index in [4.69, 9.17) is 4.42 Å². The molecule has 1 aliphatic carbocycles. The van der Waals surface area contributed by atoms with Crippen molar-refractivity contribution in [3.63, 3.8) is 0 Å². The van der Waals surface area contributed by atoms with Crippen LogP contribution in [0, 0.1) is 16.0 Å². The summed E-state index contributed by atoms with van der Waals surface area (Å²) in [5.41, 5.74) is 3.06. The summed E-state index contributed by atoms with van der Waals surface area (Å²) in [6.45, 7) is 0. The van der Waals surface area contributed by atoms with Crippen molar-refractivity contribution in [1.29, 1.82) is 0 Å². The van der Waals surface area contributed by atoms with Crippen LogP contribution in [0.4, 0.5) is 5.69 Å². The van der Waals surface area contributed by atoms with Gasteiger partial charge in [0.2, 0.25) is 5.91 Å². The number of furan rings is 1. The highest BCUT2D eigenvalue weighted by Gasteiger charge is 2.29. The number of nitro groups is 1. The lowest BCUT2D eigenvalue weighted by atomic mass is 10.1. The van der Waals surface area contributed by atoms with Crippen LogP contribution in [-0.2, 0) is 4.79 Å². The lowest BCUT2D eigenvalue weighted by Crippen LogP contribution is -2.18. The van der Waals surface area contributed by atoms with Gasteiger partial charge in [-0.05, 0) is 25.0 Å². The summed E-state index contributed by atoms with van der Waals surface area (Å²) in [5.74, 6) is 0.965. The third kappa shape index (κ3) is 3.20. The lowest BCUT2D eigenvalue weighted by Gasteiger charge is -1.97. The normalized spacial score (nSPS) is 14.2. The molecule has 1 amide bonds. The third-order valence-corrected chi connectivity index (χ3v) is 3.28. The van der Waals surface area contributed by atoms with Crippen LogP contribution >= 0.6 is 0 Å². The maximum atomic E-state index is 11.4. The van der Waals surface area contributed by atoms with Crippen molar-refractivity contribution in [2.24, 2.45) is 11.0 Å². The van der Waals surface area contributed by atoms with Gasteiger partial charge in [0.25, 0.3) is 5.69 Å². The predicted octanol–water partition coefficient (Wildman–Crippen LogP) is 2.71. The molecule has 7 nitrogen and oxygen atoms in total. The van der Waals surface area contributed by atoms with E-state index in [0.717, 1.165) is 12.8 Å². The van der Waals surface area contributed by atoms with E-state index in [9.17, 15) is 14.9 Å². The molecule has 1 heterocycles. The molecule has 1 aliphatic rings. The highest BCUT2D eigenvalue weighted by Crippen LogP contribution is 2.28. The van der Waals surface area contributed by atoms with Gasteiger partial charge in [0.05, 0.1) is 11.1 Å². The maximum Gasteiger partial charge on any atom is 0.270 e. The summed E-state index contributed by atoms with van der Waals surface area (Å²) in [5, 5.41) is 14.6. The van der Waals surface area contributed by atoms with Crippen LogP contribution in [0.2, 0.25) is 0 Å². The molecule has 0 atom stereocenters. The minimum Gasteiger partial charge on any atom is -0.455 e. The maximum absolute atomic E-state index is 11.4. The summed E-state index contributed by atoms with van der Waals surface area (Å²) in [6, 6.07) is 9.56. The van der Waals surface area contributed by atoms with E-state index < -0.39 is 4.92 Å². The van der Waals surface area contributed by atoms with Crippen molar-refractivity contribution in [2.75, 3.05) is 0 Å². The van der Waals surface area contributed by atoms with Gasteiger partial charge in [0, 0.05) is 23.6 Å². The van der Waals surface area contributed by atoms with Gasteiger partial charge in [-0.3, -0.25) is 14.9 Å². The molecule has 0 radical (unpaired) electrons. The number of carbonyl (C=O) groups excluding carboxylic acids is 1. The topological polar surface area (TPSA) is 97.7 Å². The number of amides is 1. The SMILES string of the molecule is O=C(N/N=C\c1ccc(-c2cccc([N+](=O)[O-])c2)o1)C1CC1. The van der Waals surface area contributed by atoms with Crippen LogP contribution < -0.4 is 5.43 Å². The average Bonchev–Trinajstić information content (AvgIpc) is 3.27. The summed E-state index contributed by atoms with van der Waals surface area (Å²) in [4.78, 5) is 21.7. The molecule has 0 bridgehead atoms. The van der Waals surface area contributed by atoms with Gasteiger partial charge in [-0.1, -0.05) is 12.1 Å². The minimum absolute atomic E-state index is 0.000754. The van der Waals surface area contributed by atoms with Crippen molar-refractivity contribution < 1.29 is 14.1 Å². The number of nitrogens with zero attached hydrogens (tertiary/aromatic N) is 2. The monoisotopic (exact) mass is 299 g/mol. The van der Waals surface area contributed by atoms with Gasteiger partial charge >= 0.3 is 0 Å². The molecule has 0 spiro atoms. The first kappa shape index (κ1) is 14.0. The number of non-ortho nitro benzene ring substituents is 1. The van der Waals surface area contributed by atoms with Crippen LogP contribution in [0.5, 0.6) is 0 Å². The molecule has 0 unspecified atom stereocenters. The average molecular weight is 299 g/mol. The van der Waals surface area contributed by atoms with Crippen molar-refractivity contribution in [2.45, 2.75) is 12.8 Å². The van der Waals surface area contributed by atoms with Crippen LogP contribution in [0.15, 0.2) is 45.9 Å². The summed E-state index contributed by atoms with van der Waals surface area (Å²) in [7, 11) is 0. The predicted molar refractivity (Wildman–Crippen MR) is 79.3 cm³/mol. The molecule has 1 saturated carbocycles. The Morgan fingerprint density at radius 2 is 2.18 bits per heavy atom. The fourth-order valence-corrected chi connectivity index (χ4v) is 1.95. The highest BCUT2D eigenvalue weighted by atomic mass is 16.6. The number of nitrogens with one attached hydrogen (secondary N) is 1. The fraction of sp³-hybridized carbons (Fsp3) is 0.200. The van der Waals surface area contributed by atoms with Crippen molar-refractivity contribution in [1.82, 2.24) is 5.43 Å². The van der Waals surface area contributed by atoms with Crippen LogP contribution in [0.1, 0.15) is 18.6 Å². The van der Waals surface area contributed by atoms with Gasteiger partial charge in [-0.15, -0.1) is 0 Å². The Kier molecular flexibility index (Phi) is 3.69. The highest BCUT2D eigenvalue weighted by molar-refractivity contribution is 5.83. The van der Waals surface area contributed by atoms with Gasteiger partial charge in [-0.2, -0.15) is 5.10 Å². The van der Waals surface area contributed by atoms with Gasteiger partial charge in [0.1, 0.15) is 11.5 Å². The summed E-state index contributed by atoms with van der Waals surface area (Å²) < 4.78 is 5.54. The number of nitro benzene ring substituents is 1. The molecule has 1 aromatic heterocycles. The Labute approximate surface area is 125 Å². The second-order valence-electron chi connectivity index (χ2n) is 5.02. The first-order valence-electron chi connectivity index (χ1n) is 6.81. The van der Waals surface area contributed by atoms with Crippen LogP contribution in [0.25, 0.3) is 11.3 Å². The Hall–Kier alpha value is -2.96. The molecule has 3 rings (SSSR count). The van der Waals surface area contributed by atoms with E-state index in [0.29, 0.717) is 17.1 Å². The zero-order valence-corrected chi connectivity index (χ0v) is 11.6. The molecule has 0 saturated heterocycles. The zero-order chi connectivity index (χ0) is 15.5. The number of hydrazone groups is 1. The molecule has 22 heavy (non-hydrogen) atoms. The van der Waals surface area contributed by atoms with E-state index in [-0.39, 0.29) is 17.5 Å². The van der Waals surface area contributed by atoms with Gasteiger partial charge in [0.15, 0.2) is 0 Å². The van der Waals surface area contributed by atoms with E-state index in [2.05, 4.69) is 10.5 Å². The van der Waals surface area contributed by atoms with E-state index in [1.54, 1.807) is 24.3 Å². The van der Waals surface area contributed by atoms with Crippen LogP contribution in [0.3, 0.4) is 0 Å². The van der Waals surface area contributed by atoms with Crippen molar-refractivity contribution in [3.8, 4) is 11.3 Å². The molecule has 1 N–H and O–H groups in total. The van der Waals surface area contributed by atoms with Crippen molar-refractivity contribution in [3.05, 3.63) is 52.3 Å². The number of rotatable bonds is 5. The van der Waals surface area contributed by atoms with Gasteiger partial charge < -0.3 is 4.42 Å². The van der Waals surface area contributed by atoms with E-state index in [1.165, 1.54) is 18.3 Å². The fourth-order valence-electron chi connectivity index (χ4n) is 1.95. The number of benzene rings is 1. The first-order chi connectivity index (χ1) is 10.6. The van der Waals surface area contributed by atoms with Crippen LogP contribution in [-0.4, -0.2) is 17.0 Å². The Bertz CT molecular complexity index is 747. The smallest absolute Gasteiger partial charge is 0.270 e. The minimum atomic E-state index is -0.456. The summed E-state index contributed by atoms with van der Waals surface area (Å²) in [6.07, 6.45) is 3.24. The number of hydrogen-bond donors (Lipinski definition) is 1. The molecule has 0 aliphatic heterocycles. The Balaban J connectivity index is 1.70. The Morgan fingerprint density at radius 1 is 1.36 bits per heavy atom. The largest absolute Gasteiger partial charge is 0.455 e. The molecular weight excluding hydrogens is 286 g/mol. The van der Waals surface area contributed by atoms with Crippen molar-refractivity contribution >= 4 is 17.8 Å². The summed E-state index contributed by atoms with van der Waals surface area (Å²) >= 11 is 0. The molecule has 112 valence electrons. The Morgan fingerprint density at radius 3 is 2.91 bits per heavy atom. The second kappa shape index (κ2) is 5.80. The molecule has 1 fully saturated rings. The molecule has 1 aromatic carbocycles. The standard InChI is InChI=1S/C15H13N3O4/c19-15(10-4-5-10)17-16-9-13-6-7-14(22-13)11-2-1-3-12(8-11)18(20)21/h1-3,6-10H,4-5H2,(H,17,19)/b16-9-. The molecule has 2 aromatic rings. The quantitative estimate of drug-likeness (QED) is 0.521. The number of hydrogen-bond acceptors (Lipinski definition) is 5. The molecular formula is C15H13N3O4. The first-order valence-corrected chi connectivity index (χ1v) is 6.81. The molecule has 7 heteroatoms. The van der Waals surface area contributed by atoms with E-state index in [1.807, 2.05) is 0 Å². The lowest BCUT2D eigenvalue weighted by molar-refractivity contribution is -0.384. The second-order valence-corrected chi connectivity index (χ2v) is 5.02. The third-order valence-electron chi connectivity index (χ3n) is 3.28.